The molecule has 0 bridgehead atoms. The molecule has 2 aromatic heterocycles. The van der Waals surface area contributed by atoms with Gasteiger partial charge in [0.2, 0.25) is 11.7 Å². The van der Waals surface area contributed by atoms with Gasteiger partial charge in [0, 0.05) is 0 Å². The van der Waals surface area contributed by atoms with E-state index < -0.39 is 12.0 Å². The Labute approximate surface area is 109 Å². The summed E-state index contributed by atoms with van der Waals surface area (Å²) in [5, 5.41) is 12.8. The van der Waals surface area contributed by atoms with Crippen LogP contribution in [0, 0.1) is 0 Å². The van der Waals surface area contributed by atoms with E-state index in [0.29, 0.717) is 23.9 Å². The Hall–Kier alpha value is -2.15. The highest BCUT2D eigenvalue weighted by Crippen LogP contribution is 2.16. The van der Waals surface area contributed by atoms with E-state index in [-0.39, 0.29) is 6.54 Å². The van der Waals surface area contributed by atoms with Gasteiger partial charge in [-0.3, -0.25) is 9.69 Å². The maximum Gasteiger partial charge on any atom is 0.320 e. The Morgan fingerprint density at radius 3 is 2.95 bits per heavy atom. The Bertz CT molecular complexity index is 535. The summed E-state index contributed by atoms with van der Waals surface area (Å²) in [6.07, 6.45) is 2.03. The van der Waals surface area contributed by atoms with E-state index in [1.165, 1.54) is 6.26 Å². The highest BCUT2D eigenvalue weighted by molar-refractivity contribution is 5.73. The van der Waals surface area contributed by atoms with Gasteiger partial charge in [0.15, 0.2) is 5.76 Å². The molecule has 19 heavy (non-hydrogen) atoms. The third-order valence-electron chi connectivity index (χ3n) is 2.80. The molecule has 0 fully saturated rings. The predicted octanol–water partition coefficient (Wildman–Crippen LogP) is 1.62. The molecule has 0 aliphatic rings. The number of hydrogen-bond donors (Lipinski definition) is 1. The van der Waals surface area contributed by atoms with Crippen LogP contribution in [0.4, 0.5) is 0 Å². The highest BCUT2D eigenvalue weighted by Gasteiger charge is 2.22. The van der Waals surface area contributed by atoms with Gasteiger partial charge in [-0.05, 0) is 25.6 Å². The summed E-state index contributed by atoms with van der Waals surface area (Å²) in [5.41, 5.74) is 0. The molecular weight excluding hydrogens is 250 g/mol. The molecule has 7 heteroatoms. The van der Waals surface area contributed by atoms with Gasteiger partial charge in [-0.15, -0.1) is 0 Å². The van der Waals surface area contributed by atoms with Crippen molar-refractivity contribution in [1.82, 2.24) is 15.0 Å². The molecule has 1 unspecified atom stereocenters. The molecule has 0 amide bonds. The van der Waals surface area contributed by atoms with Gasteiger partial charge in [-0.25, -0.2) is 0 Å². The minimum Gasteiger partial charge on any atom is -0.480 e. The van der Waals surface area contributed by atoms with Gasteiger partial charge in [-0.2, -0.15) is 4.98 Å². The lowest BCUT2D eigenvalue weighted by molar-refractivity contribution is -0.143. The van der Waals surface area contributed by atoms with Crippen molar-refractivity contribution in [2.24, 2.45) is 0 Å². The van der Waals surface area contributed by atoms with Gasteiger partial charge < -0.3 is 14.0 Å². The quantitative estimate of drug-likeness (QED) is 0.848. The van der Waals surface area contributed by atoms with Crippen molar-refractivity contribution in [2.45, 2.75) is 25.9 Å². The third-order valence-corrected chi connectivity index (χ3v) is 2.80. The molecule has 0 radical (unpaired) electrons. The molecular formula is C12H15N3O4. The van der Waals surface area contributed by atoms with E-state index >= 15 is 0 Å². The normalized spacial score (nSPS) is 12.8. The van der Waals surface area contributed by atoms with E-state index in [1.807, 2.05) is 6.92 Å². The molecule has 0 aliphatic carbocycles. The first kappa shape index (κ1) is 13.3. The summed E-state index contributed by atoms with van der Waals surface area (Å²) >= 11 is 0. The molecule has 0 aromatic carbocycles. The zero-order chi connectivity index (χ0) is 13.8. The number of likely N-dealkylation sites (N-methyl/N-ethyl adjacent to an activating group) is 1. The Morgan fingerprint density at radius 1 is 1.58 bits per heavy atom. The van der Waals surface area contributed by atoms with Crippen LogP contribution in [0.5, 0.6) is 0 Å². The number of rotatable bonds is 6. The van der Waals surface area contributed by atoms with Crippen LogP contribution in [-0.4, -0.2) is 39.2 Å². The van der Waals surface area contributed by atoms with Crippen LogP contribution in [0.25, 0.3) is 11.6 Å². The van der Waals surface area contributed by atoms with Crippen LogP contribution in [0.2, 0.25) is 0 Å². The topological polar surface area (TPSA) is 92.6 Å². The van der Waals surface area contributed by atoms with Gasteiger partial charge in [0.25, 0.3) is 0 Å². The fourth-order valence-corrected chi connectivity index (χ4v) is 1.82. The van der Waals surface area contributed by atoms with Crippen molar-refractivity contribution in [3.05, 3.63) is 24.3 Å². The fraction of sp³-hybridized carbons (Fsp3) is 0.417. The van der Waals surface area contributed by atoms with Crippen molar-refractivity contribution in [3.63, 3.8) is 0 Å². The second-order valence-electron chi connectivity index (χ2n) is 4.17. The minimum atomic E-state index is -0.865. The predicted molar refractivity (Wildman–Crippen MR) is 65.2 cm³/mol. The molecule has 1 atom stereocenters. The molecule has 102 valence electrons. The number of nitrogens with zero attached hydrogens (tertiary/aromatic N) is 3. The molecule has 2 rings (SSSR count). The molecule has 0 saturated heterocycles. The lowest BCUT2D eigenvalue weighted by Crippen LogP contribution is -2.37. The molecule has 2 aromatic rings. The van der Waals surface area contributed by atoms with Crippen LogP contribution >= 0.6 is 0 Å². The lowest BCUT2D eigenvalue weighted by Gasteiger charge is -2.21. The van der Waals surface area contributed by atoms with E-state index in [2.05, 4.69) is 10.1 Å². The number of carboxylic acid groups (broad SMARTS) is 1. The summed E-state index contributed by atoms with van der Waals surface area (Å²) in [7, 11) is 1.71. The fourth-order valence-electron chi connectivity index (χ4n) is 1.82. The standard InChI is InChI=1S/C12H15N3O4/c1-3-8(12(16)17)15(2)7-10-13-11(14-19-10)9-5-4-6-18-9/h4-6,8H,3,7H2,1-2H3,(H,16,17). The summed E-state index contributed by atoms with van der Waals surface area (Å²) in [5.74, 6) is 0.365. The third kappa shape index (κ3) is 3.00. The molecule has 0 aliphatic heterocycles. The lowest BCUT2D eigenvalue weighted by atomic mass is 10.2. The zero-order valence-corrected chi connectivity index (χ0v) is 10.7. The first-order valence-electron chi connectivity index (χ1n) is 5.91. The van der Waals surface area contributed by atoms with E-state index in [9.17, 15) is 4.79 Å². The second-order valence-corrected chi connectivity index (χ2v) is 4.17. The van der Waals surface area contributed by atoms with Gasteiger partial charge in [0.1, 0.15) is 6.04 Å². The first-order chi connectivity index (χ1) is 9.11. The maximum atomic E-state index is 11.0. The van der Waals surface area contributed by atoms with E-state index in [0.717, 1.165) is 0 Å². The summed E-state index contributed by atoms with van der Waals surface area (Å²) < 4.78 is 10.2. The largest absolute Gasteiger partial charge is 0.480 e. The van der Waals surface area contributed by atoms with E-state index in [1.54, 1.807) is 24.1 Å². The summed E-state index contributed by atoms with van der Waals surface area (Å²) in [6, 6.07) is 2.89. The number of carboxylic acids is 1. The number of aromatic nitrogens is 2. The van der Waals surface area contributed by atoms with Crippen LogP contribution < -0.4 is 0 Å². The minimum absolute atomic E-state index is 0.276. The Morgan fingerprint density at radius 2 is 2.37 bits per heavy atom. The van der Waals surface area contributed by atoms with Crippen LogP contribution in [0.15, 0.2) is 27.3 Å². The Kier molecular flexibility index (Phi) is 3.96. The molecule has 2 heterocycles. The van der Waals surface area contributed by atoms with Crippen LogP contribution in [0.3, 0.4) is 0 Å². The van der Waals surface area contributed by atoms with Crippen molar-refractivity contribution in [1.29, 1.82) is 0 Å². The van der Waals surface area contributed by atoms with Gasteiger partial charge in [0.05, 0.1) is 12.8 Å². The van der Waals surface area contributed by atoms with Crippen molar-refractivity contribution >= 4 is 5.97 Å². The monoisotopic (exact) mass is 265 g/mol. The average molecular weight is 265 g/mol. The molecule has 0 spiro atoms. The van der Waals surface area contributed by atoms with E-state index in [4.69, 9.17) is 14.0 Å². The number of carbonyl (C=O) groups is 1. The summed E-state index contributed by atoms with van der Waals surface area (Å²) in [4.78, 5) is 16.8. The van der Waals surface area contributed by atoms with Gasteiger partial charge >= 0.3 is 5.97 Å². The summed E-state index contributed by atoms with van der Waals surface area (Å²) in [6.45, 7) is 2.09. The SMILES string of the molecule is CCC(C(=O)O)N(C)Cc1nc(-c2ccco2)no1. The van der Waals surface area contributed by atoms with Gasteiger partial charge in [-0.1, -0.05) is 12.1 Å². The Balaban J connectivity index is 2.06. The molecule has 7 nitrogen and oxygen atoms in total. The number of aliphatic carboxylic acids is 1. The van der Waals surface area contributed by atoms with Crippen molar-refractivity contribution in [2.75, 3.05) is 7.05 Å². The van der Waals surface area contributed by atoms with Crippen molar-refractivity contribution in [3.8, 4) is 11.6 Å². The molecule has 1 N–H and O–H groups in total. The maximum absolute atomic E-state index is 11.0. The smallest absolute Gasteiger partial charge is 0.320 e. The highest BCUT2D eigenvalue weighted by atomic mass is 16.5. The zero-order valence-electron chi connectivity index (χ0n) is 10.7. The van der Waals surface area contributed by atoms with Crippen LogP contribution in [0.1, 0.15) is 19.2 Å². The molecule has 0 saturated carbocycles. The number of hydrogen-bond acceptors (Lipinski definition) is 6. The van der Waals surface area contributed by atoms with Crippen LogP contribution in [-0.2, 0) is 11.3 Å². The first-order valence-corrected chi connectivity index (χ1v) is 5.91. The number of furan rings is 1. The second kappa shape index (κ2) is 5.66. The van der Waals surface area contributed by atoms with Crippen molar-refractivity contribution < 1.29 is 18.8 Å². The average Bonchev–Trinajstić information content (AvgIpc) is 2.98.